The largest absolute Gasteiger partial charge is 0.476 e. The summed E-state index contributed by atoms with van der Waals surface area (Å²) in [4.78, 5) is 10.9. The zero-order valence-electron chi connectivity index (χ0n) is 7.57. The van der Waals surface area contributed by atoms with E-state index in [4.69, 9.17) is 5.11 Å². The van der Waals surface area contributed by atoms with Gasteiger partial charge in [-0.3, -0.25) is 5.10 Å². The first-order chi connectivity index (χ1) is 7.20. The molecule has 0 amide bonds. The zero-order chi connectivity index (χ0) is 10.8. The van der Waals surface area contributed by atoms with Gasteiger partial charge in [0.15, 0.2) is 5.69 Å². The maximum Gasteiger partial charge on any atom is 0.357 e. The van der Waals surface area contributed by atoms with Crippen molar-refractivity contribution < 1.29 is 9.90 Å². The van der Waals surface area contributed by atoms with Gasteiger partial charge in [0.25, 0.3) is 0 Å². The molecule has 0 aliphatic heterocycles. The molecular formula is C10H7BrN2O2. The van der Waals surface area contributed by atoms with E-state index in [0.717, 1.165) is 5.56 Å². The van der Waals surface area contributed by atoms with E-state index in [1.165, 1.54) is 0 Å². The van der Waals surface area contributed by atoms with Crippen LogP contribution >= 0.6 is 15.9 Å². The van der Waals surface area contributed by atoms with Crippen LogP contribution < -0.4 is 0 Å². The first-order valence-electron chi connectivity index (χ1n) is 4.22. The van der Waals surface area contributed by atoms with E-state index >= 15 is 0 Å². The van der Waals surface area contributed by atoms with Crippen LogP contribution in [0.1, 0.15) is 10.5 Å². The molecule has 0 aliphatic rings. The molecule has 1 aromatic carbocycles. The number of carboxylic acids is 1. The van der Waals surface area contributed by atoms with Crippen molar-refractivity contribution in [2.75, 3.05) is 0 Å². The molecule has 2 aromatic rings. The number of carbonyl (C=O) groups is 1. The van der Waals surface area contributed by atoms with Gasteiger partial charge >= 0.3 is 5.97 Å². The van der Waals surface area contributed by atoms with E-state index < -0.39 is 5.97 Å². The number of aromatic amines is 1. The second-order valence-corrected chi connectivity index (χ2v) is 3.73. The molecule has 0 atom stereocenters. The SMILES string of the molecule is O=C(O)c1n[nH]c(Br)c1-c1ccccc1. The van der Waals surface area contributed by atoms with Crippen molar-refractivity contribution >= 4 is 21.9 Å². The third-order valence-corrected chi connectivity index (χ3v) is 2.56. The summed E-state index contributed by atoms with van der Waals surface area (Å²) < 4.78 is 0.575. The maximum absolute atomic E-state index is 10.9. The highest BCUT2D eigenvalue weighted by Gasteiger charge is 2.18. The Labute approximate surface area is 94.1 Å². The van der Waals surface area contributed by atoms with Gasteiger partial charge in [0.2, 0.25) is 0 Å². The van der Waals surface area contributed by atoms with Crippen LogP contribution in [-0.2, 0) is 0 Å². The van der Waals surface area contributed by atoms with Crippen molar-refractivity contribution in [2.24, 2.45) is 0 Å². The molecule has 2 rings (SSSR count). The minimum absolute atomic E-state index is 0.0214. The van der Waals surface area contributed by atoms with Crippen molar-refractivity contribution in [3.05, 3.63) is 40.6 Å². The summed E-state index contributed by atoms with van der Waals surface area (Å²) in [5.74, 6) is -1.05. The van der Waals surface area contributed by atoms with E-state index in [-0.39, 0.29) is 5.69 Å². The van der Waals surface area contributed by atoms with Gasteiger partial charge in [-0.2, -0.15) is 5.10 Å². The highest BCUT2D eigenvalue weighted by Crippen LogP contribution is 2.29. The lowest BCUT2D eigenvalue weighted by molar-refractivity contribution is 0.0691. The van der Waals surface area contributed by atoms with E-state index in [0.29, 0.717) is 10.2 Å². The fourth-order valence-electron chi connectivity index (χ4n) is 1.34. The molecule has 0 bridgehead atoms. The Balaban J connectivity index is 2.62. The molecule has 0 saturated heterocycles. The Hall–Kier alpha value is -1.62. The first kappa shape index (κ1) is 9.92. The van der Waals surface area contributed by atoms with Crippen LogP contribution in [0.3, 0.4) is 0 Å². The molecule has 5 heteroatoms. The van der Waals surface area contributed by atoms with Crippen LogP contribution in [-0.4, -0.2) is 21.3 Å². The van der Waals surface area contributed by atoms with Crippen LogP contribution in [0.5, 0.6) is 0 Å². The van der Waals surface area contributed by atoms with Crippen molar-refractivity contribution in [3.8, 4) is 11.1 Å². The summed E-state index contributed by atoms with van der Waals surface area (Å²) in [6, 6.07) is 9.24. The molecule has 1 heterocycles. The lowest BCUT2D eigenvalue weighted by atomic mass is 10.1. The third kappa shape index (κ3) is 1.78. The van der Waals surface area contributed by atoms with Gasteiger partial charge in [-0.1, -0.05) is 30.3 Å². The minimum atomic E-state index is -1.05. The van der Waals surface area contributed by atoms with Gasteiger partial charge < -0.3 is 5.11 Å². The van der Waals surface area contributed by atoms with Gasteiger partial charge in [0.1, 0.15) is 4.60 Å². The van der Waals surface area contributed by atoms with Crippen molar-refractivity contribution in [2.45, 2.75) is 0 Å². The van der Waals surface area contributed by atoms with Crippen LogP contribution in [0, 0.1) is 0 Å². The molecule has 0 fully saturated rings. The second-order valence-electron chi connectivity index (χ2n) is 2.93. The molecule has 0 spiro atoms. The summed E-state index contributed by atoms with van der Waals surface area (Å²) in [6.45, 7) is 0. The van der Waals surface area contributed by atoms with E-state index in [1.54, 1.807) is 0 Å². The van der Waals surface area contributed by atoms with Crippen molar-refractivity contribution in [1.82, 2.24) is 10.2 Å². The highest BCUT2D eigenvalue weighted by molar-refractivity contribution is 9.10. The molecule has 15 heavy (non-hydrogen) atoms. The fourth-order valence-corrected chi connectivity index (χ4v) is 1.85. The number of hydrogen-bond donors (Lipinski definition) is 2. The molecule has 0 aliphatic carbocycles. The first-order valence-corrected chi connectivity index (χ1v) is 5.02. The number of nitrogens with zero attached hydrogens (tertiary/aromatic N) is 1. The smallest absolute Gasteiger partial charge is 0.357 e. The Kier molecular flexibility index (Phi) is 2.55. The predicted octanol–water partition coefficient (Wildman–Crippen LogP) is 2.54. The van der Waals surface area contributed by atoms with E-state index in [1.807, 2.05) is 30.3 Å². The minimum Gasteiger partial charge on any atom is -0.476 e. The molecular weight excluding hydrogens is 260 g/mol. The number of aromatic nitrogens is 2. The van der Waals surface area contributed by atoms with Gasteiger partial charge in [-0.15, -0.1) is 0 Å². The van der Waals surface area contributed by atoms with Crippen LogP contribution in [0.4, 0.5) is 0 Å². The molecule has 0 saturated carbocycles. The number of nitrogens with one attached hydrogen (secondary N) is 1. The Bertz CT molecular complexity index is 493. The molecule has 1 aromatic heterocycles. The quantitative estimate of drug-likeness (QED) is 0.878. The number of halogens is 1. The normalized spacial score (nSPS) is 10.2. The topological polar surface area (TPSA) is 66.0 Å². The van der Waals surface area contributed by atoms with Crippen LogP contribution in [0.25, 0.3) is 11.1 Å². The van der Waals surface area contributed by atoms with Crippen molar-refractivity contribution in [3.63, 3.8) is 0 Å². The third-order valence-electron chi connectivity index (χ3n) is 1.99. The van der Waals surface area contributed by atoms with Gasteiger partial charge in [0, 0.05) is 5.56 Å². The fraction of sp³-hybridized carbons (Fsp3) is 0. The predicted molar refractivity (Wildman–Crippen MR) is 58.7 cm³/mol. The number of hydrogen-bond acceptors (Lipinski definition) is 2. The number of aromatic carboxylic acids is 1. The van der Waals surface area contributed by atoms with E-state index in [2.05, 4.69) is 26.1 Å². The van der Waals surface area contributed by atoms with Crippen molar-refractivity contribution in [1.29, 1.82) is 0 Å². The maximum atomic E-state index is 10.9. The molecule has 4 nitrogen and oxygen atoms in total. The summed E-state index contributed by atoms with van der Waals surface area (Å²) in [6.07, 6.45) is 0. The number of H-pyrrole nitrogens is 1. The average molecular weight is 267 g/mol. The monoisotopic (exact) mass is 266 g/mol. The Morgan fingerprint density at radius 3 is 2.60 bits per heavy atom. The summed E-state index contributed by atoms with van der Waals surface area (Å²) in [7, 11) is 0. The van der Waals surface area contributed by atoms with Gasteiger partial charge in [-0.05, 0) is 21.5 Å². The second kappa shape index (κ2) is 3.86. The van der Waals surface area contributed by atoms with Crippen LogP contribution in [0.15, 0.2) is 34.9 Å². The van der Waals surface area contributed by atoms with Crippen LogP contribution in [0.2, 0.25) is 0 Å². The summed E-state index contributed by atoms with van der Waals surface area (Å²) >= 11 is 3.24. The van der Waals surface area contributed by atoms with Gasteiger partial charge in [0.05, 0.1) is 0 Å². The number of rotatable bonds is 2. The standard InChI is InChI=1S/C10H7BrN2O2/c11-9-7(6-4-2-1-3-5-6)8(10(14)15)12-13-9/h1-5H,(H,12,13)(H,14,15). The summed E-state index contributed by atoms with van der Waals surface area (Å²) in [5, 5.41) is 15.3. The lowest BCUT2D eigenvalue weighted by Crippen LogP contribution is -1.98. The Morgan fingerprint density at radius 1 is 1.33 bits per heavy atom. The molecule has 76 valence electrons. The zero-order valence-corrected chi connectivity index (χ0v) is 9.15. The Morgan fingerprint density at radius 2 is 2.00 bits per heavy atom. The lowest BCUT2D eigenvalue weighted by Gasteiger charge is -1.99. The average Bonchev–Trinajstić information content (AvgIpc) is 2.61. The van der Waals surface area contributed by atoms with Gasteiger partial charge in [-0.25, -0.2) is 4.79 Å². The molecule has 0 radical (unpaired) electrons. The molecule has 0 unspecified atom stereocenters. The molecule has 2 N–H and O–H groups in total. The van der Waals surface area contributed by atoms with E-state index in [9.17, 15) is 4.79 Å². The highest BCUT2D eigenvalue weighted by atomic mass is 79.9. The number of benzene rings is 1. The number of carboxylic acid groups (broad SMARTS) is 1. The summed E-state index contributed by atoms with van der Waals surface area (Å²) in [5.41, 5.74) is 1.41.